The first kappa shape index (κ1) is 10.1. The lowest BCUT2D eigenvalue weighted by molar-refractivity contribution is -0.127. The summed E-state index contributed by atoms with van der Waals surface area (Å²) in [6.45, 7) is -0.606. The number of hydrogen-bond acceptors (Lipinski definition) is 1. The van der Waals surface area contributed by atoms with Crippen LogP contribution in [-0.4, -0.2) is 13.2 Å². The van der Waals surface area contributed by atoms with E-state index in [1.165, 1.54) is 5.56 Å². The van der Waals surface area contributed by atoms with Crippen LogP contribution < -0.4 is 0 Å². The van der Waals surface area contributed by atoms with Crippen LogP contribution in [0.5, 0.6) is 0 Å². The first-order valence-electron chi connectivity index (χ1n) is 4.14. The molecule has 0 aliphatic heterocycles. The number of alkyl halides is 2. The average molecular weight is 186 g/mol. The van der Waals surface area contributed by atoms with Crippen LogP contribution in [0.3, 0.4) is 0 Å². The first-order valence-corrected chi connectivity index (χ1v) is 4.14. The van der Waals surface area contributed by atoms with Gasteiger partial charge in [-0.15, -0.1) is 0 Å². The highest BCUT2D eigenvalue weighted by atomic mass is 19.3. The van der Waals surface area contributed by atoms with Crippen molar-refractivity contribution >= 4 is 0 Å². The van der Waals surface area contributed by atoms with Gasteiger partial charge in [-0.3, -0.25) is 0 Å². The molecule has 0 amide bonds. The molecule has 0 aliphatic carbocycles. The molecule has 0 heterocycles. The van der Waals surface area contributed by atoms with Crippen LogP contribution in [0.25, 0.3) is 0 Å². The van der Waals surface area contributed by atoms with Gasteiger partial charge in [-0.05, 0) is 18.9 Å². The van der Waals surface area contributed by atoms with Crippen molar-refractivity contribution in [1.29, 1.82) is 0 Å². The summed E-state index contributed by atoms with van der Waals surface area (Å²) < 4.78 is 27.3. The van der Waals surface area contributed by atoms with Gasteiger partial charge in [-0.25, -0.2) is 0 Å². The smallest absolute Gasteiger partial charge is 0.323 e. The Bertz CT molecular complexity index is 244. The SMILES string of the molecule is Cc1ccc(CCOC(F)F)cc1. The maximum Gasteiger partial charge on any atom is 0.345 e. The third kappa shape index (κ3) is 3.99. The van der Waals surface area contributed by atoms with Gasteiger partial charge in [-0.1, -0.05) is 29.8 Å². The molecule has 1 rings (SSSR count). The Balaban J connectivity index is 2.33. The van der Waals surface area contributed by atoms with E-state index in [4.69, 9.17) is 0 Å². The molecule has 0 radical (unpaired) electrons. The lowest BCUT2D eigenvalue weighted by Gasteiger charge is -2.02. The molecule has 0 fully saturated rings. The number of benzene rings is 1. The van der Waals surface area contributed by atoms with Crippen LogP contribution in [0, 0.1) is 6.92 Å². The second-order valence-corrected chi connectivity index (χ2v) is 2.87. The maximum atomic E-state index is 11.6. The van der Waals surface area contributed by atoms with Crippen molar-refractivity contribution in [3.8, 4) is 0 Å². The molecule has 0 unspecified atom stereocenters. The highest BCUT2D eigenvalue weighted by Gasteiger charge is 2.00. The van der Waals surface area contributed by atoms with E-state index in [9.17, 15) is 8.78 Å². The van der Waals surface area contributed by atoms with Crippen molar-refractivity contribution in [2.24, 2.45) is 0 Å². The zero-order valence-electron chi connectivity index (χ0n) is 7.47. The molecule has 0 aromatic heterocycles. The summed E-state index contributed by atoms with van der Waals surface area (Å²) in [5, 5.41) is 0. The molecule has 0 spiro atoms. The van der Waals surface area contributed by atoms with Crippen molar-refractivity contribution in [2.45, 2.75) is 20.0 Å². The summed E-state index contributed by atoms with van der Waals surface area (Å²) in [5.74, 6) is 0. The minimum atomic E-state index is -2.66. The van der Waals surface area contributed by atoms with E-state index >= 15 is 0 Å². The molecular formula is C10H12F2O. The predicted octanol–water partition coefficient (Wildman–Crippen LogP) is 2.78. The fraction of sp³-hybridized carbons (Fsp3) is 0.400. The fourth-order valence-electron chi connectivity index (χ4n) is 1.02. The number of rotatable bonds is 4. The third-order valence-electron chi connectivity index (χ3n) is 1.76. The molecule has 0 saturated carbocycles. The Morgan fingerprint density at radius 3 is 2.38 bits per heavy atom. The Kier molecular flexibility index (Phi) is 3.83. The first-order chi connectivity index (χ1) is 6.18. The molecule has 3 heteroatoms. The van der Waals surface area contributed by atoms with E-state index in [0.717, 1.165) is 5.56 Å². The molecule has 1 aromatic rings. The molecular weight excluding hydrogens is 174 g/mol. The monoisotopic (exact) mass is 186 g/mol. The van der Waals surface area contributed by atoms with Crippen molar-refractivity contribution < 1.29 is 13.5 Å². The Morgan fingerprint density at radius 2 is 1.85 bits per heavy atom. The van der Waals surface area contributed by atoms with Gasteiger partial charge in [-0.2, -0.15) is 8.78 Å². The molecule has 0 atom stereocenters. The number of hydrogen-bond donors (Lipinski definition) is 0. The third-order valence-corrected chi connectivity index (χ3v) is 1.76. The fourth-order valence-corrected chi connectivity index (χ4v) is 1.02. The zero-order valence-corrected chi connectivity index (χ0v) is 7.47. The van der Waals surface area contributed by atoms with Crippen LogP contribution in [0.4, 0.5) is 8.78 Å². The maximum absolute atomic E-state index is 11.6. The predicted molar refractivity (Wildman–Crippen MR) is 46.8 cm³/mol. The quantitative estimate of drug-likeness (QED) is 0.702. The van der Waals surface area contributed by atoms with Gasteiger partial charge < -0.3 is 4.74 Å². The van der Waals surface area contributed by atoms with E-state index in [-0.39, 0.29) is 6.61 Å². The number of halogens is 2. The van der Waals surface area contributed by atoms with Gasteiger partial charge in [0.05, 0.1) is 6.61 Å². The average Bonchev–Trinajstić information content (AvgIpc) is 2.08. The lowest BCUT2D eigenvalue weighted by atomic mass is 10.1. The van der Waals surface area contributed by atoms with Crippen LogP contribution in [-0.2, 0) is 11.2 Å². The van der Waals surface area contributed by atoms with Crippen molar-refractivity contribution in [1.82, 2.24) is 0 Å². The van der Waals surface area contributed by atoms with Gasteiger partial charge in [0.25, 0.3) is 0 Å². The van der Waals surface area contributed by atoms with E-state index < -0.39 is 6.61 Å². The lowest BCUT2D eigenvalue weighted by Crippen LogP contribution is -2.03. The molecule has 0 aliphatic rings. The molecule has 1 aromatic carbocycles. The van der Waals surface area contributed by atoms with Crippen LogP contribution in [0.2, 0.25) is 0 Å². The van der Waals surface area contributed by atoms with E-state index in [1.807, 2.05) is 31.2 Å². The Hall–Kier alpha value is -0.960. The van der Waals surface area contributed by atoms with E-state index in [2.05, 4.69) is 4.74 Å². The normalized spacial score (nSPS) is 10.8. The van der Waals surface area contributed by atoms with Crippen molar-refractivity contribution in [3.05, 3.63) is 35.4 Å². The summed E-state index contributed by atoms with van der Waals surface area (Å²) in [7, 11) is 0. The zero-order chi connectivity index (χ0) is 9.68. The highest BCUT2D eigenvalue weighted by Crippen LogP contribution is 2.05. The van der Waals surface area contributed by atoms with Crippen LogP contribution in [0.1, 0.15) is 11.1 Å². The summed E-state index contributed by atoms with van der Waals surface area (Å²) in [6.07, 6.45) is 0.532. The van der Waals surface area contributed by atoms with E-state index in [1.54, 1.807) is 0 Å². The standard InChI is InChI=1S/C10H12F2O/c1-8-2-4-9(5-3-8)6-7-13-10(11)12/h2-5,10H,6-7H2,1H3. The minimum absolute atomic E-state index is 0.0702. The topological polar surface area (TPSA) is 9.23 Å². The summed E-state index contributed by atoms with van der Waals surface area (Å²) in [5.41, 5.74) is 2.18. The molecule has 13 heavy (non-hydrogen) atoms. The minimum Gasteiger partial charge on any atom is -0.323 e. The number of ether oxygens (including phenoxy) is 1. The Labute approximate surface area is 76.3 Å². The molecule has 0 bridgehead atoms. The van der Waals surface area contributed by atoms with Gasteiger partial charge in [0.1, 0.15) is 0 Å². The molecule has 0 N–H and O–H groups in total. The largest absolute Gasteiger partial charge is 0.345 e. The van der Waals surface area contributed by atoms with Gasteiger partial charge in [0.2, 0.25) is 0 Å². The second kappa shape index (κ2) is 4.92. The highest BCUT2D eigenvalue weighted by molar-refractivity contribution is 5.21. The Morgan fingerprint density at radius 1 is 1.23 bits per heavy atom. The van der Waals surface area contributed by atoms with Crippen LogP contribution in [0.15, 0.2) is 24.3 Å². The number of aryl methyl sites for hydroxylation is 1. The van der Waals surface area contributed by atoms with Gasteiger partial charge in [0.15, 0.2) is 0 Å². The van der Waals surface area contributed by atoms with Crippen LogP contribution >= 0.6 is 0 Å². The molecule has 1 nitrogen and oxygen atoms in total. The van der Waals surface area contributed by atoms with Crippen molar-refractivity contribution in [3.63, 3.8) is 0 Å². The van der Waals surface area contributed by atoms with Crippen molar-refractivity contribution in [2.75, 3.05) is 6.61 Å². The van der Waals surface area contributed by atoms with E-state index in [0.29, 0.717) is 6.42 Å². The van der Waals surface area contributed by atoms with Gasteiger partial charge >= 0.3 is 6.61 Å². The summed E-state index contributed by atoms with van der Waals surface area (Å²) in [4.78, 5) is 0. The second-order valence-electron chi connectivity index (χ2n) is 2.87. The molecule has 72 valence electrons. The van der Waals surface area contributed by atoms with Gasteiger partial charge in [0, 0.05) is 0 Å². The summed E-state index contributed by atoms with van der Waals surface area (Å²) >= 11 is 0. The molecule has 0 saturated heterocycles. The summed E-state index contributed by atoms with van der Waals surface area (Å²) in [6, 6.07) is 7.75.